The third-order valence-corrected chi connectivity index (χ3v) is 5.70. The van der Waals surface area contributed by atoms with Crippen LogP contribution in [0.3, 0.4) is 0 Å². The van der Waals surface area contributed by atoms with Gasteiger partial charge < -0.3 is 5.73 Å². The zero-order chi connectivity index (χ0) is 23.0. The fraction of sp³-hybridized carbons (Fsp3) is 0.0625. The normalized spacial score (nSPS) is 17.2. The molecule has 1 atom stereocenters. The number of hydrazone groups is 1. The van der Waals surface area contributed by atoms with E-state index in [0.717, 1.165) is 29.3 Å². The molecule has 3 rings (SSSR count). The van der Waals surface area contributed by atoms with Crippen LogP contribution >= 0.6 is 0 Å². The summed E-state index contributed by atoms with van der Waals surface area (Å²) in [7, 11) is -8.84. The number of carbonyl (C=O) groups is 2. The smallest absolute Gasteiger partial charge is 0.294 e. The van der Waals surface area contributed by atoms with Crippen molar-refractivity contribution in [2.24, 2.45) is 21.1 Å². The Morgan fingerprint density at radius 2 is 1.42 bits per heavy atom. The zero-order valence-corrected chi connectivity index (χ0v) is 16.9. The number of anilines is 1. The number of nitrogens with zero attached hydrogens (tertiary/aromatic N) is 4. The van der Waals surface area contributed by atoms with E-state index in [4.69, 9.17) is 14.8 Å². The quantitative estimate of drug-likeness (QED) is 0.402. The van der Waals surface area contributed by atoms with Crippen molar-refractivity contribution in [3.8, 4) is 0 Å². The van der Waals surface area contributed by atoms with Crippen LogP contribution in [0.25, 0.3) is 0 Å². The van der Waals surface area contributed by atoms with Crippen molar-refractivity contribution in [2.45, 2.75) is 15.8 Å². The predicted molar refractivity (Wildman–Crippen MR) is 105 cm³/mol. The average Bonchev–Trinajstić information content (AvgIpc) is 3.02. The van der Waals surface area contributed by atoms with Gasteiger partial charge in [-0.15, -0.1) is 0 Å². The first-order chi connectivity index (χ1) is 14.4. The van der Waals surface area contributed by atoms with E-state index in [-0.39, 0.29) is 16.3 Å². The van der Waals surface area contributed by atoms with Crippen LogP contribution in [0.1, 0.15) is 0 Å². The first kappa shape index (κ1) is 22.2. The molecule has 1 unspecified atom stereocenters. The minimum Gasteiger partial charge on any atom is -0.364 e. The number of nitrogens with two attached hydrogens (primary N) is 1. The number of hydrogen-bond acceptors (Lipinski definition) is 9. The molecule has 0 spiro atoms. The van der Waals surface area contributed by atoms with E-state index >= 15 is 0 Å². The Labute approximate surface area is 175 Å². The fourth-order valence-electron chi connectivity index (χ4n) is 2.49. The van der Waals surface area contributed by atoms with E-state index in [1.807, 2.05) is 0 Å². The Morgan fingerprint density at radius 1 is 0.935 bits per heavy atom. The SMILES string of the molecule is NC(=O)C1=NN(c2ccc(S(=O)(=O)O)cc2)C(=O)C1N=Nc1ccc(S(=O)(=O)O)cc1. The number of azo groups is 1. The van der Waals surface area contributed by atoms with Crippen molar-refractivity contribution >= 4 is 49.1 Å². The Hall–Kier alpha value is -3.53. The molecule has 0 bridgehead atoms. The van der Waals surface area contributed by atoms with E-state index in [0.29, 0.717) is 0 Å². The molecule has 0 radical (unpaired) electrons. The Kier molecular flexibility index (Phi) is 5.68. The van der Waals surface area contributed by atoms with Gasteiger partial charge in [0.05, 0.1) is 21.2 Å². The molecule has 1 aliphatic heterocycles. The van der Waals surface area contributed by atoms with Crippen LogP contribution in [-0.4, -0.2) is 49.5 Å². The molecule has 1 aliphatic rings. The van der Waals surface area contributed by atoms with E-state index in [9.17, 15) is 26.4 Å². The maximum absolute atomic E-state index is 12.7. The Morgan fingerprint density at radius 3 is 1.87 bits per heavy atom. The molecule has 2 aromatic carbocycles. The summed E-state index contributed by atoms with van der Waals surface area (Å²) in [6, 6.07) is 7.45. The number of benzene rings is 2. The van der Waals surface area contributed by atoms with Gasteiger partial charge in [0.15, 0.2) is 5.71 Å². The molecule has 0 saturated heterocycles. The number of amides is 2. The highest BCUT2D eigenvalue weighted by Gasteiger charge is 2.40. The largest absolute Gasteiger partial charge is 0.364 e. The van der Waals surface area contributed by atoms with Crippen molar-refractivity contribution in [3.05, 3.63) is 48.5 Å². The highest BCUT2D eigenvalue weighted by atomic mass is 32.2. The van der Waals surface area contributed by atoms with Gasteiger partial charge in [-0.1, -0.05) is 0 Å². The summed E-state index contributed by atoms with van der Waals surface area (Å²) >= 11 is 0. The van der Waals surface area contributed by atoms with Crippen molar-refractivity contribution in [3.63, 3.8) is 0 Å². The van der Waals surface area contributed by atoms with Gasteiger partial charge in [-0.2, -0.15) is 37.2 Å². The molecule has 2 amide bonds. The second kappa shape index (κ2) is 7.95. The maximum atomic E-state index is 12.7. The minimum absolute atomic E-state index is 0.0753. The molecule has 2 aromatic rings. The van der Waals surface area contributed by atoms with E-state index in [1.54, 1.807) is 0 Å². The zero-order valence-electron chi connectivity index (χ0n) is 15.2. The van der Waals surface area contributed by atoms with Gasteiger partial charge in [-0.3, -0.25) is 18.7 Å². The van der Waals surface area contributed by atoms with Gasteiger partial charge in [0.25, 0.3) is 32.1 Å². The first-order valence-corrected chi connectivity index (χ1v) is 11.0. The summed E-state index contributed by atoms with van der Waals surface area (Å²) in [5.41, 5.74) is 5.01. The first-order valence-electron chi connectivity index (χ1n) is 8.16. The molecule has 4 N–H and O–H groups in total. The molecule has 15 heteroatoms. The lowest BCUT2D eigenvalue weighted by atomic mass is 10.2. The Balaban J connectivity index is 1.88. The van der Waals surface area contributed by atoms with Crippen LogP contribution in [0, 0.1) is 0 Å². The van der Waals surface area contributed by atoms with Crippen LogP contribution in [-0.2, 0) is 29.8 Å². The van der Waals surface area contributed by atoms with Crippen LogP contribution in [0.5, 0.6) is 0 Å². The summed E-state index contributed by atoms with van der Waals surface area (Å²) < 4.78 is 62.4. The molecular formula is C16H13N5O8S2. The Bertz CT molecular complexity index is 1320. The van der Waals surface area contributed by atoms with Gasteiger partial charge in [-0.25, -0.2) is 0 Å². The van der Waals surface area contributed by atoms with Crippen LogP contribution < -0.4 is 10.7 Å². The molecule has 0 saturated carbocycles. The second-order valence-corrected chi connectivity index (χ2v) is 8.90. The summed E-state index contributed by atoms with van der Waals surface area (Å²) in [5, 5.41) is 12.1. The molecular weight excluding hydrogens is 454 g/mol. The van der Waals surface area contributed by atoms with Gasteiger partial charge in [0.2, 0.25) is 6.04 Å². The van der Waals surface area contributed by atoms with Gasteiger partial charge in [0, 0.05) is 0 Å². The lowest BCUT2D eigenvalue weighted by Gasteiger charge is -2.12. The summed E-state index contributed by atoms with van der Waals surface area (Å²) in [6.45, 7) is 0. The van der Waals surface area contributed by atoms with Crippen LogP contribution in [0.2, 0.25) is 0 Å². The summed E-state index contributed by atoms with van der Waals surface area (Å²) in [5.74, 6) is -1.86. The third-order valence-electron chi connectivity index (χ3n) is 3.96. The minimum atomic E-state index is -4.44. The van der Waals surface area contributed by atoms with Gasteiger partial charge in [0.1, 0.15) is 0 Å². The number of rotatable bonds is 6. The van der Waals surface area contributed by atoms with Gasteiger partial charge in [-0.05, 0) is 48.5 Å². The molecule has 0 fully saturated rings. The van der Waals surface area contributed by atoms with Crippen molar-refractivity contribution in [2.75, 3.05) is 5.01 Å². The molecule has 1 heterocycles. The average molecular weight is 467 g/mol. The number of carbonyl (C=O) groups excluding carboxylic acids is 2. The van der Waals surface area contributed by atoms with Crippen molar-refractivity contribution < 1.29 is 35.5 Å². The predicted octanol–water partition coefficient (Wildman–Crippen LogP) is 0.520. The molecule has 0 aliphatic carbocycles. The van der Waals surface area contributed by atoms with Crippen LogP contribution in [0.4, 0.5) is 11.4 Å². The van der Waals surface area contributed by atoms with Crippen molar-refractivity contribution in [1.29, 1.82) is 0 Å². The monoisotopic (exact) mass is 467 g/mol. The molecule has 0 aromatic heterocycles. The summed E-state index contributed by atoms with van der Waals surface area (Å²) in [4.78, 5) is 23.6. The summed E-state index contributed by atoms with van der Waals surface area (Å²) in [6.07, 6.45) is 0. The number of primary amides is 1. The maximum Gasteiger partial charge on any atom is 0.294 e. The van der Waals surface area contributed by atoms with Gasteiger partial charge >= 0.3 is 0 Å². The standard InChI is InChI=1S/C16H13N5O8S2/c17-15(22)13-14(19-18-9-1-5-11(6-2-9)30(24,25)26)16(23)21(20-13)10-3-7-12(8-4-10)31(27,28)29/h1-8,14H,(H2,17,22)(H,24,25,26)(H,27,28,29). The highest BCUT2D eigenvalue weighted by molar-refractivity contribution is 7.86. The third kappa shape index (κ3) is 4.80. The molecule has 13 nitrogen and oxygen atoms in total. The second-order valence-electron chi connectivity index (χ2n) is 6.06. The lowest BCUT2D eigenvalue weighted by molar-refractivity contribution is -0.118. The topological polar surface area (TPSA) is 209 Å². The molecule has 31 heavy (non-hydrogen) atoms. The van der Waals surface area contributed by atoms with Crippen LogP contribution in [0.15, 0.2) is 73.7 Å². The lowest BCUT2D eigenvalue weighted by Crippen LogP contribution is -2.35. The van der Waals surface area contributed by atoms with Crippen molar-refractivity contribution in [1.82, 2.24) is 0 Å². The van der Waals surface area contributed by atoms with E-state index in [1.165, 1.54) is 24.3 Å². The van der Waals surface area contributed by atoms with E-state index < -0.39 is 48.7 Å². The molecule has 162 valence electrons. The fourth-order valence-corrected chi connectivity index (χ4v) is 3.45. The van der Waals surface area contributed by atoms with E-state index in [2.05, 4.69) is 15.3 Å². The number of hydrogen-bond donors (Lipinski definition) is 3. The highest BCUT2D eigenvalue weighted by Crippen LogP contribution is 2.25.